The van der Waals surface area contributed by atoms with Crippen molar-refractivity contribution in [1.29, 1.82) is 0 Å². The maximum Gasteiger partial charge on any atom is 0.321 e. The lowest BCUT2D eigenvalue weighted by atomic mass is 10.0. The molecule has 0 aliphatic carbocycles. The van der Waals surface area contributed by atoms with Crippen LogP contribution in [0.5, 0.6) is 5.75 Å². The summed E-state index contributed by atoms with van der Waals surface area (Å²) in [6.45, 7) is 3.77. The molecule has 3 aromatic carbocycles. The molecule has 0 saturated carbocycles. The molecule has 7 nitrogen and oxygen atoms in total. The fourth-order valence-corrected chi connectivity index (χ4v) is 3.99. The molecule has 0 aliphatic heterocycles. The zero-order chi connectivity index (χ0) is 23.4. The third kappa shape index (κ3) is 4.92. The van der Waals surface area contributed by atoms with Crippen molar-refractivity contribution >= 4 is 46.1 Å². The number of phenols is 1. The van der Waals surface area contributed by atoms with Gasteiger partial charge in [0.15, 0.2) is 5.92 Å². The molecule has 32 heavy (non-hydrogen) atoms. The van der Waals surface area contributed by atoms with E-state index >= 15 is 0 Å². The van der Waals surface area contributed by atoms with Crippen molar-refractivity contribution in [2.24, 2.45) is 5.92 Å². The number of nitrogens with one attached hydrogen (secondary N) is 1. The minimum atomic E-state index is -1.68. The standard InChI is InChI=1S/C24H21NO6S/c1-13-7-8-14(2)19(11-13)25-22(27)18-12-20(15-5-3-4-6-16(15)21(18)26)32-10-9-17(23(28)29)24(30)31/h3-12,17,26H,1-2H3,(H,25,27)(H,28,29)(H,30,31)/b10-9+. The molecule has 3 aromatic rings. The van der Waals surface area contributed by atoms with Crippen LogP contribution in [-0.4, -0.2) is 33.2 Å². The second kappa shape index (κ2) is 9.57. The van der Waals surface area contributed by atoms with Crippen LogP contribution in [0, 0.1) is 19.8 Å². The number of benzene rings is 3. The predicted octanol–water partition coefficient (Wildman–Crippen LogP) is 4.81. The number of carboxylic acids is 2. The van der Waals surface area contributed by atoms with E-state index in [4.69, 9.17) is 10.2 Å². The number of carbonyl (C=O) groups is 3. The third-order valence-electron chi connectivity index (χ3n) is 4.86. The van der Waals surface area contributed by atoms with Crippen LogP contribution >= 0.6 is 11.8 Å². The maximum atomic E-state index is 13.0. The van der Waals surface area contributed by atoms with Gasteiger partial charge in [0.25, 0.3) is 5.91 Å². The first-order chi connectivity index (χ1) is 15.2. The van der Waals surface area contributed by atoms with Gasteiger partial charge in [-0.15, -0.1) is 0 Å². The second-order valence-corrected chi connectivity index (χ2v) is 8.14. The fraction of sp³-hybridized carbons (Fsp3) is 0.125. The Bertz CT molecular complexity index is 1240. The number of rotatable bonds is 7. The monoisotopic (exact) mass is 451 g/mol. The van der Waals surface area contributed by atoms with Crippen LogP contribution in [0.15, 0.2) is 64.9 Å². The number of carbonyl (C=O) groups excluding carboxylic acids is 1. The molecule has 0 aromatic heterocycles. The van der Waals surface area contributed by atoms with Crippen LogP contribution < -0.4 is 5.32 Å². The number of aromatic hydroxyl groups is 1. The molecule has 0 spiro atoms. The number of fused-ring (bicyclic) bond motifs is 1. The lowest BCUT2D eigenvalue weighted by Gasteiger charge is -2.14. The van der Waals surface area contributed by atoms with E-state index in [1.54, 1.807) is 24.3 Å². The third-order valence-corrected chi connectivity index (χ3v) is 5.75. The molecule has 0 heterocycles. The fourth-order valence-electron chi connectivity index (χ4n) is 3.12. The quantitative estimate of drug-likeness (QED) is 0.300. The Balaban J connectivity index is 2.00. The van der Waals surface area contributed by atoms with Crippen molar-refractivity contribution in [2.75, 3.05) is 5.32 Å². The Morgan fingerprint density at radius 2 is 1.62 bits per heavy atom. The van der Waals surface area contributed by atoms with Crippen molar-refractivity contribution in [3.63, 3.8) is 0 Å². The van der Waals surface area contributed by atoms with Gasteiger partial charge in [-0.3, -0.25) is 14.4 Å². The van der Waals surface area contributed by atoms with Gasteiger partial charge >= 0.3 is 11.9 Å². The number of aliphatic carboxylic acids is 2. The minimum Gasteiger partial charge on any atom is -0.506 e. The van der Waals surface area contributed by atoms with E-state index in [0.29, 0.717) is 21.4 Å². The summed E-state index contributed by atoms with van der Waals surface area (Å²) in [6, 6.07) is 14.1. The lowest BCUT2D eigenvalue weighted by Crippen LogP contribution is -2.20. The zero-order valence-corrected chi connectivity index (χ0v) is 18.1. The van der Waals surface area contributed by atoms with Crippen molar-refractivity contribution < 1.29 is 29.7 Å². The number of hydrogen-bond donors (Lipinski definition) is 4. The summed E-state index contributed by atoms with van der Waals surface area (Å²) in [7, 11) is 0. The summed E-state index contributed by atoms with van der Waals surface area (Å²) in [5, 5.41) is 34.1. The van der Waals surface area contributed by atoms with Crippen LogP contribution in [0.3, 0.4) is 0 Å². The predicted molar refractivity (Wildman–Crippen MR) is 123 cm³/mol. The second-order valence-electron chi connectivity index (χ2n) is 7.19. The van der Waals surface area contributed by atoms with Gasteiger partial charge in [0.2, 0.25) is 0 Å². The van der Waals surface area contributed by atoms with Gasteiger partial charge in [-0.05, 0) is 47.9 Å². The zero-order valence-electron chi connectivity index (χ0n) is 17.3. The molecule has 0 saturated heterocycles. The molecule has 0 unspecified atom stereocenters. The normalized spacial score (nSPS) is 11.2. The van der Waals surface area contributed by atoms with Crippen LogP contribution in [0.2, 0.25) is 0 Å². The first-order valence-corrected chi connectivity index (χ1v) is 10.5. The van der Waals surface area contributed by atoms with Gasteiger partial charge in [-0.2, -0.15) is 0 Å². The van der Waals surface area contributed by atoms with Gasteiger partial charge in [0, 0.05) is 16.0 Å². The first-order valence-electron chi connectivity index (χ1n) is 9.61. The Hall–Kier alpha value is -3.78. The molecule has 0 atom stereocenters. The average molecular weight is 452 g/mol. The van der Waals surface area contributed by atoms with Crippen molar-refractivity contribution in [1.82, 2.24) is 0 Å². The van der Waals surface area contributed by atoms with Crippen LogP contribution in [0.1, 0.15) is 21.5 Å². The van der Waals surface area contributed by atoms with Crippen LogP contribution in [-0.2, 0) is 9.59 Å². The smallest absolute Gasteiger partial charge is 0.321 e. The highest BCUT2D eigenvalue weighted by molar-refractivity contribution is 8.02. The highest BCUT2D eigenvalue weighted by atomic mass is 32.2. The topological polar surface area (TPSA) is 124 Å². The van der Waals surface area contributed by atoms with Crippen molar-refractivity contribution in [3.8, 4) is 5.75 Å². The molecule has 164 valence electrons. The summed E-state index contributed by atoms with van der Waals surface area (Å²) >= 11 is 1.07. The van der Waals surface area contributed by atoms with E-state index < -0.39 is 23.8 Å². The molecule has 0 bridgehead atoms. The summed E-state index contributed by atoms with van der Waals surface area (Å²) in [5.41, 5.74) is 2.52. The van der Waals surface area contributed by atoms with Gasteiger partial charge in [0.1, 0.15) is 5.75 Å². The Kier molecular flexibility index (Phi) is 6.85. The number of hydrogen-bond acceptors (Lipinski definition) is 5. The molecule has 3 rings (SSSR count). The SMILES string of the molecule is Cc1ccc(C)c(NC(=O)c2cc(S/C=C/C(C(=O)O)C(=O)O)c3ccccc3c2O)c1. The van der Waals surface area contributed by atoms with Gasteiger partial charge < -0.3 is 20.6 Å². The van der Waals surface area contributed by atoms with Gasteiger partial charge in [-0.1, -0.05) is 54.2 Å². The average Bonchev–Trinajstić information content (AvgIpc) is 2.74. The molecule has 1 amide bonds. The molecule has 0 radical (unpaired) electrons. The van der Waals surface area contributed by atoms with Crippen LogP contribution in [0.4, 0.5) is 5.69 Å². The Morgan fingerprint density at radius 3 is 2.28 bits per heavy atom. The van der Waals surface area contributed by atoms with Crippen molar-refractivity contribution in [2.45, 2.75) is 18.7 Å². The number of phenolic OH excluding ortho intramolecular Hbond substituents is 1. The highest BCUT2D eigenvalue weighted by Gasteiger charge is 2.22. The molecular formula is C24H21NO6S. The largest absolute Gasteiger partial charge is 0.506 e. The van der Waals surface area contributed by atoms with E-state index in [-0.39, 0.29) is 11.3 Å². The summed E-state index contributed by atoms with van der Waals surface area (Å²) < 4.78 is 0. The maximum absolute atomic E-state index is 13.0. The van der Waals surface area contributed by atoms with Crippen molar-refractivity contribution in [3.05, 3.63) is 76.7 Å². The van der Waals surface area contributed by atoms with E-state index in [1.165, 1.54) is 11.5 Å². The lowest BCUT2D eigenvalue weighted by molar-refractivity contribution is -0.151. The summed E-state index contributed by atoms with van der Waals surface area (Å²) in [4.78, 5) is 35.7. The first kappa shape index (κ1) is 22.9. The number of aryl methyl sites for hydroxylation is 2. The summed E-state index contributed by atoms with van der Waals surface area (Å²) in [6.07, 6.45) is 1.06. The van der Waals surface area contributed by atoms with E-state index in [1.807, 2.05) is 32.0 Å². The molecule has 0 fully saturated rings. The Morgan fingerprint density at radius 1 is 0.969 bits per heavy atom. The molecule has 0 aliphatic rings. The highest BCUT2D eigenvalue weighted by Crippen LogP contribution is 2.37. The van der Waals surface area contributed by atoms with Crippen LogP contribution in [0.25, 0.3) is 10.8 Å². The number of thioether (sulfide) groups is 1. The Labute approximate surface area is 188 Å². The van der Waals surface area contributed by atoms with Gasteiger partial charge in [-0.25, -0.2) is 0 Å². The van der Waals surface area contributed by atoms with E-state index in [9.17, 15) is 19.5 Å². The van der Waals surface area contributed by atoms with E-state index in [0.717, 1.165) is 29.0 Å². The molecule has 4 N–H and O–H groups in total. The van der Waals surface area contributed by atoms with E-state index in [2.05, 4.69) is 5.32 Å². The minimum absolute atomic E-state index is 0.0496. The molecular weight excluding hydrogens is 430 g/mol. The van der Waals surface area contributed by atoms with Gasteiger partial charge in [0.05, 0.1) is 5.56 Å². The number of anilines is 1. The number of carboxylic acid groups (broad SMARTS) is 2. The molecule has 8 heteroatoms. The summed E-state index contributed by atoms with van der Waals surface area (Å²) in [5.74, 6) is -5.30. The number of amides is 1.